The molecule has 1 aliphatic rings. The van der Waals surface area contributed by atoms with E-state index in [1.54, 1.807) is 12.1 Å². The Hall–Kier alpha value is -2.38. The molecule has 29 heavy (non-hydrogen) atoms. The highest BCUT2D eigenvalue weighted by Gasteiger charge is 2.28. The third kappa shape index (κ3) is 5.16. The van der Waals surface area contributed by atoms with Crippen molar-refractivity contribution in [2.45, 2.75) is 31.6 Å². The second-order valence-corrected chi connectivity index (χ2v) is 9.25. The normalized spacial score (nSPS) is 15.8. The van der Waals surface area contributed by atoms with Gasteiger partial charge < -0.3 is 10.1 Å². The lowest BCUT2D eigenvalue weighted by Crippen LogP contribution is -2.37. The quantitative estimate of drug-likeness (QED) is 0.663. The summed E-state index contributed by atoms with van der Waals surface area (Å²) in [4.78, 5) is 12.8. The first-order chi connectivity index (χ1) is 13.9. The highest BCUT2D eigenvalue weighted by Crippen LogP contribution is 2.25. The third-order valence-electron chi connectivity index (χ3n) is 5.18. The molecule has 6 nitrogen and oxygen atoms in total. The SMILES string of the molecule is CCOc1ccccc1NCC(=O)c1ccc(S(=O)(=O)N2CCC(C)CC2)cc1. The van der Waals surface area contributed by atoms with Crippen LogP contribution in [-0.4, -0.2) is 44.7 Å². The molecule has 156 valence electrons. The number of hydrogen-bond acceptors (Lipinski definition) is 5. The number of nitrogens with zero attached hydrogens (tertiary/aromatic N) is 1. The molecular weight excluding hydrogens is 388 g/mol. The summed E-state index contributed by atoms with van der Waals surface area (Å²) in [7, 11) is -3.51. The van der Waals surface area contributed by atoms with Crippen LogP contribution in [0.3, 0.4) is 0 Å². The van der Waals surface area contributed by atoms with E-state index < -0.39 is 10.0 Å². The maximum Gasteiger partial charge on any atom is 0.243 e. The second kappa shape index (κ2) is 9.41. The predicted octanol–water partition coefficient (Wildman–Crippen LogP) is 3.80. The number of rotatable bonds is 8. The van der Waals surface area contributed by atoms with Crippen molar-refractivity contribution in [1.82, 2.24) is 4.31 Å². The van der Waals surface area contributed by atoms with Crippen LogP contribution in [0, 0.1) is 5.92 Å². The van der Waals surface area contributed by atoms with Crippen molar-refractivity contribution in [3.63, 3.8) is 0 Å². The Morgan fingerprint density at radius 2 is 1.76 bits per heavy atom. The van der Waals surface area contributed by atoms with E-state index >= 15 is 0 Å². The summed E-state index contributed by atoms with van der Waals surface area (Å²) in [6.07, 6.45) is 1.76. The van der Waals surface area contributed by atoms with Crippen LogP contribution in [0.2, 0.25) is 0 Å². The van der Waals surface area contributed by atoms with Gasteiger partial charge in [-0.1, -0.05) is 19.1 Å². The Balaban J connectivity index is 1.65. The fraction of sp³-hybridized carbons (Fsp3) is 0.409. The molecule has 2 aromatic carbocycles. The fourth-order valence-electron chi connectivity index (χ4n) is 3.36. The number of benzene rings is 2. The van der Waals surface area contributed by atoms with Gasteiger partial charge in [-0.2, -0.15) is 4.31 Å². The summed E-state index contributed by atoms with van der Waals surface area (Å²) in [5.41, 5.74) is 1.22. The number of carbonyl (C=O) groups is 1. The molecule has 0 bridgehead atoms. The molecule has 0 unspecified atom stereocenters. The Bertz CT molecular complexity index is 934. The van der Waals surface area contributed by atoms with Gasteiger partial charge in [0.2, 0.25) is 10.0 Å². The number of ether oxygens (including phenoxy) is 1. The number of carbonyl (C=O) groups excluding carboxylic acids is 1. The molecule has 0 saturated carbocycles. The molecule has 0 spiro atoms. The highest BCUT2D eigenvalue weighted by molar-refractivity contribution is 7.89. The van der Waals surface area contributed by atoms with Crippen LogP contribution in [0.25, 0.3) is 0 Å². The van der Waals surface area contributed by atoms with Crippen molar-refractivity contribution < 1.29 is 17.9 Å². The van der Waals surface area contributed by atoms with Crippen molar-refractivity contribution in [3.05, 3.63) is 54.1 Å². The number of sulfonamides is 1. The molecule has 0 aromatic heterocycles. The summed E-state index contributed by atoms with van der Waals surface area (Å²) in [6, 6.07) is 13.7. The average molecular weight is 417 g/mol. The van der Waals surface area contributed by atoms with E-state index in [1.807, 2.05) is 31.2 Å². The zero-order chi connectivity index (χ0) is 20.9. The number of para-hydroxylation sites is 2. The standard InChI is InChI=1S/C22H28N2O4S/c1-3-28-22-7-5-4-6-20(22)23-16-21(25)18-8-10-19(11-9-18)29(26,27)24-14-12-17(2)13-15-24/h4-11,17,23H,3,12-16H2,1-2H3. The van der Waals surface area contributed by atoms with Gasteiger partial charge >= 0.3 is 0 Å². The topological polar surface area (TPSA) is 75.7 Å². The molecule has 7 heteroatoms. The molecule has 0 aliphatic carbocycles. The van der Waals surface area contributed by atoms with Gasteiger partial charge in [-0.25, -0.2) is 8.42 Å². The first-order valence-corrected chi connectivity index (χ1v) is 11.4. The Morgan fingerprint density at radius 1 is 1.10 bits per heavy atom. The Morgan fingerprint density at radius 3 is 2.41 bits per heavy atom. The van der Waals surface area contributed by atoms with Gasteiger partial charge in [-0.15, -0.1) is 0 Å². The predicted molar refractivity (Wildman–Crippen MR) is 114 cm³/mol. The van der Waals surface area contributed by atoms with Crippen molar-refractivity contribution in [2.75, 3.05) is 31.6 Å². The molecule has 1 heterocycles. The van der Waals surface area contributed by atoms with Gasteiger partial charge in [-0.05, 0) is 62.1 Å². The van der Waals surface area contributed by atoms with E-state index in [2.05, 4.69) is 12.2 Å². The van der Waals surface area contributed by atoms with Crippen molar-refractivity contribution in [3.8, 4) is 5.75 Å². The molecule has 0 atom stereocenters. The van der Waals surface area contributed by atoms with Gasteiger partial charge in [0.25, 0.3) is 0 Å². The fourth-order valence-corrected chi connectivity index (χ4v) is 4.83. The lowest BCUT2D eigenvalue weighted by Gasteiger charge is -2.29. The molecule has 1 saturated heterocycles. The maximum absolute atomic E-state index is 12.8. The lowest BCUT2D eigenvalue weighted by atomic mass is 10.0. The van der Waals surface area contributed by atoms with Crippen LogP contribution < -0.4 is 10.1 Å². The van der Waals surface area contributed by atoms with E-state index in [0.29, 0.717) is 36.9 Å². The number of nitrogens with one attached hydrogen (secondary N) is 1. The summed E-state index contributed by atoms with van der Waals surface area (Å²) in [5.74, 6) is 1.13. The smallest absolute Gasteiger partial charge is 0.243 e. The van der Waals surface area contributed by atoms with Crippen molar-refractivity contribution in [2.24, 2.45) is 5.92 Å². The van der Waals surface area contributed by atoms with E-state index in [4.69, 9.17) is 4.74 Å². The number of piperidine rings is 1. The molecule has 1 N–H and O–H groups in total. The molecule has 0 amide bonds. The first-order valence-electron chi connectivity index (χ1n) is 10.0. The minimum atomic E-state index is -3.51. The van der Waals surface area contributed by atoms with Gasteiger partial charge in [0.15, 0.2) is 5.78 Å². The van der Waals surface area contributed by atoms with E-state index in [0.717, 1.165) is 18.5 Å². The number of ketones is 1. The summed E-state index contributed by atoms with van der Waals surface area (Å²) >= 11 is 0. The van der Waals surface area contributed by atoms with Gasteiger partial charge in [0, 0.05) is 18.7 Å². The molecule has 0 radical (unpaired) electrons. The maximum atomic E-state index is 12.8. The number of hydrogen-bond donors (Lipinski definition) is 1. The van der Waals surface area contributed by atoms with Crippen LogP contribution in [-0.2, 0) is 10.0 Å². The van der Waals surface area contributed by atoms with E-state index in [-0.39, 0.29) is 17.2 Å². The summed E-state index contributed by atoms with van der Waals surface area (Å²) in [6.45, 7) is 5.78. The van der Waals surface area contributed by atoms with Gasteiger partial charge in [0.1, 0.15) is 5.75 Å². The van der Waals surface area contributed by atoms with Crippen molar-refractivity contribution >= 4 is 21.5 Å². The van der Waals surface area contributed by atoms with Crippen LogP contribution in [0.4, 0.5) is 5.69 Å². The summed E-state index contributed by atoms with van der Waals surface area (Å²) in [5, 5.41) is 3.10. The molecular formula is C22H28N2O4S. The zero-order valence-electron chi connectivity index (χ0n) is 16.9. The Kier molecular flexibility index (Phi) is 6.92. The van der Waals surface area contributed by atoms with Crippen LogP contribution in [0.5, 0.6) is 5.75 Å². The van der Waals surface area contributed by atoms with Crippen LogP contribution in [0.15, 0.2) is 53.4 Å². The monoisotopic (exact) mass is 416 g/mol. The van der Waals surface area contributed by atoms with Crippen LogP contribution >= 0.6 is 0 Å². The van der Waals surface area contributed by atoms with E-state index in [9.17, 15) is 13.2 Å². The Labute approximate surface area is 172 Å². The number of Topliss-reactive ketones (excluding diaryl/α,β-unsaturated/α-hetero) is 1. The molecule has 3 rings (SSSR count). The third-order valence-corrected chi connectivity index (χ3v) is 7.10. The molecule has 1 aliphatic heterocycles. The van der Waals surface area contributed by atoms with E-state index in [1.165, 1.54) is 16.4 Å². The lowest BCUT2D eigenvalue weighted by molar-refractivity contribution is 0.101. The minimum Gasteiger partial charge on any atom is -0.492 e. The van der Waals surface area contributed by atoms with Crippen LogP contribution in [0.1, 0.15) is 37.0 Å². The molecule has 2 aromatic rings. The number of anilines is 1. The van der Waals surface area contributed by atoms with Gasteiger partial charge in [0.05, 0.1) is 23.7 Å². The zero-order valence-corrected chi connectivity index (χ0v) is 17.7. The van der Waals surface area contributed by atoms with Crippen molar-refractivity contribution in [1.29, 1.82) is 0 Å². The summed E-state index contributed by atoms with van der Waals surface area (Å²) < 4.78 is 32.7. The minimum absolute atomic E-state index is 0.0974. The second-order valence-electron chi connectivity index (χ2n) is 7.32. The average Bonchev–Trinajstić information content (AvgIpc) is 2.73. The molecule has 1 fully saturated rings. The first kappa shape index (κ1) is 21.3. The largest absolute Gasteiger partial charge is 0.492 e. The van der Waals surface area contributed by atoms with Gasteiger partial charge in [-0.3, -0.25) is 4.79 Å². The highest BCUT2D eigenvalue weighted by atomic mass is 32.2.